The Hall–Kier alpha value is 1.10. The summed E-state index contributed by atoms with van der Waals surface area (Å²) in [5.74, 6) is 0. The van der Waals surface area contributed by atoms with E-state index in [0.717, 1.165) is 0 Å². The molecule has 0 aliphatic heterocycles. The fourth-order valence-corrected chi connectivity index (χ4v) is 0. The normalized spacial score (nSPS) is 0. The Morgan fingerprint density at radius 2 is 0.444 bits per heavy atom. The van der Waals surface area contributed by atoms with E-state index in [9.17, 15) is 0 Å². The van der Waals surface area contributed by atoms with Crippen LogP contribution in [0, 0.1) is 0 Å². The van der Waals surface area contributed by atoms with Crippen LogP contribution in [-0.4, -0.2) is 50.2 Å². The van der Waals surface area contributed by atoms with Crippen molar-refractivity contribution in [2.45, 2.75) is 0 Å². The monoisotopic (exact) mass is 230 g/mol. The third kappa shape index (κ3) is 378. The van der Waals surface area contributed by atoms with Crippen molar-refractivity contribution in [2.75, 3.05) is 0 Å². The first-order chi connectivity index (χ1) is 0. The van der Waals surface area contributed by atoms with E-state index in [4.69, 9.17) is 0 Å². The summed E-state index contributed by atoms with van der Waals surface area (Å²) in [7, 11) is 0. The van der Waals surface area contributed by atoms with Crippen LogP contribution in [0.15, 0.2) is 0 Å². The molecule has 0 amide bonds. The molecule has 0 saturated carbocycles. The van der Waals surface area contributed by atoms with E-state index in [0.29, 0.717) is 0 Å². The number of hydrogen-bond acceptors (Lipinski definition) is 0. The first kappa shape index (κ1) is 689. The molecule has 0 heterocycles. The molecule has 0 radical (unpaired) electrons. The van der Waals surface area contributed by atoms with Crippen molar-refractivity contribution in [3.63, 3.8) is 0 Å². The Morgan fingerprint density at radius 3 is 0.444 bits per heavy atom. The Kier molecular flexibility index (Phi) is 37700. The van der Waals surface area contributed by atoms with Crippen LogP contribution in [0.2, 0.25) is 0 Å². The van der Waals surface area contributed by atoms with Gasteiger partial charge in [0.15, 0.2) is 17.4 Å². The van der Waals surface area contributed by atoms with Crippen molar-refractivity contribution >= 4 is 29.8 Å². The number of hydrogen-bond donors (Lipinski definition) is 0. The van der Waals surface area contributed by atoms with Gasteiger partial charge in [-0.15, -0.1) is 12.4 Å². The predicted molar refractivity (Wildman–Crippen MR) is 38.9 cm³/mol. The maximum atomic E-state index is 0. The van der Waals surface area contributed by atoms with Gasteiger partial charge >= 0.3 is 0 Å². The quantitative estimate of drug-likeness (QED) is 0.359. The van der Waals surface area contributed by atoms with E-state index in [-0.39, 0.29) is 79.7 Å². The predicted octanol–water partition coefficient (Wildman–Crippen LogP) is -5.71. The van der Waals surface area contributed by atoms with Crippen molar-refractivity contribution < 1.29 is 49.9 Å². The summed E-state index contributed by atoms with van der Waals surface area (Å²) in [5.41, 5.74) is 0. The van der Waals surface area contributed by atoms with E-state index in [1.807, 2.05) is 0 Å². The molecule has 70 valence electrons. The molecule has 0 aliphatic rings. The van der Waals surface area contributed by atoms with Crippen molar-refractivity contribution in [3.05, 3.63) is 0 Å². The molecule has 9 heteroatoms. The third-order valence-electron chi connectivity index (χ3n) is 0. The topological polar surface area (TPSA) is 189 Å². The molecule has 0 fully saturated rings. The molecule has 0 spiro atoms. The van der Waals surface area contributed by atoms with Gasteiger partial charge in [-0.25, -0.2) is 0 Å². The summed E-state index contributed by atoms with van der Waals surface area (Å²) in [5, 5.41) is 0. The van der Waals surface area contributed by atoms with Crippen molar-refractivity contribution in [1.82, 2.24) is 0 Å². The van der Waals surface area contributed by atoms with E-state index in [2.05, 4.69) is 0 Å². The van der Waals surface area contributed by atoms with Gasteiger partial charge in [0.2, 0.25) is 0 Å². The van der Waals surface area contributed by atoms with E-state index in [1.54, 1.807) is 0 Å². The van der Waals surface area contributed by atoms with Crippen molar-refractivity contribution in [1.29, 1.82) is 0 Å². The minimum atomic E-state index is 0. The molecule has 0 atom stereocenters. The molecular weight excluding hydrogens is 214 g/mol. The van der Waals surface area contributed by atoms with Crippen LogP contribution in [0.5, 0.6) is 0 Å². The summed E-state index contributed by atoms with van der Waals surface area (Å²) in [6.45, 7) is 0. The van der Waals surface area contributed by atoms with Gasteiger partial charge in [-0.3, -0.25) is 0 Å². The fraction of sp³-hybridized carbons (Fsp3) is 0. The summed E-state index contributed by atoms with van der Waals surface area (Å²) >= 11 is 0. The van der Waals surface area contributed by atoms with Gasteiger partial charge in [0.25, 0.3) is 0 Å². The minimum absolute atomic E-state index is 0. The second-order valence-electron chi connectivity index (χ2n) is 0. The van der Waals surface area contributed by atoms with E-state index in [1.165, 1.54) is 0 Å². The van der Waals surface area contributed by atoms with Crippen molar-refractivity contribution in [2.24, 2.45) is 0 Å². The van der Waals surface area contributed by atoms with Crippen LogP contribution in [0.4, 0.5) is 0 Å². The molecular formula is H16AlClFeO6. The maximum Gasteiger partial charge on any atom is 0.187 e. The Bertz CT molecular complexity index is 13.0. The summed E-state index contributed by atoms with van der Waals surface area (Å²) in [6.07, 6.45) is 0. The number of halogens is 1. The average Bonchev–Trinajstić information content (AvgIpc) is 0. The molecule has 9 heavy (non-hydrogen) atoms. The fourth-order valence-electron chi connectivity index (χ4n) is 0. The van der Waals surface area contributed by atoms with Crippen LogP contribution in [0.3, 0.4) is 0 Å². The Labute approximate surface area is 79.9 Å². The molecule has 12 N–H and O–H groups in total. The average molecular weight is 230 g/mol. The molecule has 0 aromatic rings. The van der Waals surface area contributed by atoms with Gasteiger partial charge in [0.05, 0.1) is 0 Å². The van der Waals surface area contributed by atoms with Gasteiger partial charge in [0.1, 0.15) is 0 Å². The minimum Gasteiger partial charge on any atom is -0.412 e. The zero-order valence-electron chi connectivity index (χ0n) is 3.76. The molecule has 0 bridgehead atoms. The zero-order chi connectivity index (χ0) is 0. The zero-order valence-corrected chi connectivity index (χ0v) is 5.68. The molecule has 0 aliphatic carbocycles. The van der Waals surface area contributed by atoms with E-state index >= 15 is 0 Å². The van der Waals surface area contributed by atoms with Gasteiger partial charge in [-0.2, -0.15) is 0 Å². The van der Waals surface area contributed by atoms with E-state index < -0.39 is 0 Å². The molecule has 0 aromatic carbocycles. The van der Waals surface area contributed by atoms with Crippen LogP contribution < -0.4 is 0 Å². The molecule has 0 aromatic heterocycles. The summed E-state index contributed by atoms with van der Waals surface area (Å²) in [4.78, 5) is 0. The van der Waals surface area contributed by atoms with Crippen molar-refractivity contribution in [3.8, 4) is 0 Å². The first-order valence-electron chi connectivity index (χ1n) is 0. The third-order valence-corrected chi connectivity index (χ3v) is 0. The Balaban J connectivity index is 0. The van der Waals surface area contributed by atoms with Crippen LogP contribution >= 0.6 is 12.4 Å². The van der Waals surface area contributed by atoms with Gasteiger partial charge in [-0.1, -0.05) is 0 Å². The number of rotatable bonds is 0. The van der Waals surface area contributed by atoms with Crippen LogP contribution in [0.1, 0.15) is 0 Å². The first-order valence-corrected chi connectivity index (χ1v) is 0. The summed E-state index contributed by atoms with van der Waals surface area (Å²) in [6, 6.07) is 0. The van der Waals surface area contributed by atoms with Gasteiger partial charge in [-0.05, 0) is 0 Å². The molecule has 0 unspecified atom stereocenters. The molecule has 0 saturated heterocycles. The SMILES string of the molecule is Cl.O.O.O.O.O.O.[AlH3].[Fe]. The van der Waals surface area contributed by atoms with Crippen LogP contribution in [0.25, 0.3) is 0 Å². The smallest absolute Gasteiger partial charge is 0.187 e. The Morgan fingerprint density at radius 1 is 0.444 bits per heavy atom. The van der Waals surface area contributed by atoms with Crippen LogP contribution in [-0.2, 0) is 17.1 Å². The standard InChI is InChI=1S/Al.ClH.Fe.6H2O.3H/h;1H;;6*1H2;;;. The van der Waals surface area contributed by atoms with Gasteiger partial charge < -0.3 is 32.9 Å². The largest absolute Gasteiger partial charge is 0.412 e. The summed E-state index contributed by atoms with van der Waals surface area (Å²) < 4.78 is 0. The maximum absolute atomic E-state index is 0. The van der Waals surface area contributed by atoms with Gasteiger partial charge in [0, 0.05) is 17.1 Å². The second kappa shape index (κ2) is 492. The molecule has 0 rings (SSSR count). The molecule has 6 nitrogen and oxygen atoms in total. The second-order valence-corrected chi connectivity index (χ2v) is 0.